The normalized spacial score (nSPS) is 23.8. The van der Waals surface area contributed by atoms with E-state index in [1.165, 1.54) is 19.4 Å². The Labute approximate surface area is 113 Å². The second kappa shape index (κ2) is 7.46. The highest BCUT2D eigenvalue weighted by Gasteiger charge is 2.40. The number of hydrogen-bond acceptors (Lipinski definition) is 3. The Hall–Kier alpha value is -0.120. The molecule has 0 aromatic carbocycles. The Morgan fingerprint density at radius 3 is 2.39 bits per heavy atom. The smallest absolute Gasteiger partial charge is 0.0513 e. The number of ether oxygens (including phenoxy) is 1. The molecule has 0 saturated carbocycles. The van der Waals surface area contributed by atoms with Crippen LogP contribution in [0.2, 0.25) is 0 Å². The molecule has 1 rings (SSSR count). The molecule has 2 unspecified atom stereocenters. The van der Waals surface area contributed by atoms with Crippen molar-refractivity contribution in [3.63, 3.8) is 0 Å². The number of likely N-dealkylation sites (N-methyl/N-ethyl adjacent to an activating group) is 1. The van der Waals surface area contributed by atoms with Gasteiger partial charge in [-0.1, -0.05) is 33.6 Å². The van der Waals surface area contributed by atoms with Crippen molar-refractivity contribution in [1.82, 2.24) is 4.90 Å². The highest BCUT2D eigenvalue weighted by atomic mass is 16.5. The lowest BCUT2D eigenvalue weighted by Gasteiger charge is -2.45. The van der Waals surface area contributed by atoms with Gasteiger partial charge < -0.3 is 10.5 Å². The quantitative estimate of drug-likeness (QED) is 0.725. The standard InChI is InChI=1S/C15H32N2O/c1-5-13(6-2)10-17(7-3)15(4,12-16)14-8-9-18-11-14/h13-14H,5-12,16H2,1-4H3. The molecule has 0 radical (unpaired) electrons. The molecule has 1 saturated heterocycles. The molecule has 0 aliphatic carbocycles. The lowest BCUT2D eigenvalue weighted by molar-refractivity contribution is 0.0357. The van der Waals surface area contributed by atoms with Crippen molar-refractivity contribution in [2.24, 2.45) is 17.6 Å². The highest BCUT2D eigenvalue weighted by Crippen LogP contribution is 2.31. The molecular weight excluding hydrogens is 224 g/mol. The minimum atomic E-state index is 0.105. The Morgan fingerprint density at radius 1 is 1.33 bits per heavy atom. The molecule has 2 atom stereocenters. The van der Waals surface area contributed by atoms with Gasteiger partial charge in [-0.05, 0) is 25.8 Å². The molecule has 0 aromatic heterocycles. The van der Waals surface area contributed by atoms with Crippen molar-refractivity contribution in [3.8, 4) is 0 Å². The third-order valence-corrected chi connectivity index (χ3v) is 4.96. The van der Waals surface area contributed by atoms with E-state index in [0.29, 0.717) is 5.92 Å². The van der Waals surface area contributed by atoms with Gasteiger partial charge in [-0.2, -0.15) is 0 Å². The molecule has 0 aromatic rings. The van der Waals surface area contributed by atoms with Gasteiger partial charge in [0.05, 0.1) is 6.61 Å². The van der Waals surface area contributed by atoms with Crippen LogP contribution in [0, 0.1) is 11.8 Å². The third-order valence-electron chi connectivity index (χ3n) is 4.96. The average Bonchev–Trinajstić information content (AvgIpc) is 2.94. The minimum absolute atomic E-state index is 0.105. The SMILES string of the molecule is CCC(CC)CN(CC)C(C)(CN)C1CCOC1. The van der Waals surface area contributed by atoms with Crippen molar-refractivity contribution < 1.29 is 4.74 Å². The molecule has 0 bridgehead atoms. The maximum atomic E-state index is 6.12. The van der Waals surface area contributed by atoms with E-state index in [0.717, 1.165) is 38.6 Å². The first-order valence-electron chi connectivity index (χ1n) is 7.65. The lowest BCUT2D eigenvalue weighted by atomic mass is 9.82. The van der Waals surface area contributed by atoms with Crippen molar-refractivity contribution >= 4 is 0 Å². The molecule has 1 heterocycles. The lowest BCUT2D eigenvalue weighted by Crippen LogP contribution is -2.58. The van der Waals surface area contributed by atoms with Gasteiger partial charge in [-0.3, -0.25) is 4.90 Å². The van der Waals surface area contributed by atoms with Gasteiger partial charge in [0.2, 0.25) is 0 Å². The summed E-state index contributed by atoms with van der Waals surface area (Å²) in [7, 11) is 0. The summed E-state index contributed by atoms with van der Waals surface area (Å²) in [5.41, 5.74) is 6.23. The van der Waals surface area contributed by atoms with Gasteiger partial charge in [0, 0.05) is 31.2 Å². The Balaban J connectivity index is 2.74. The number of nitrogens with two attached hydrogens (primary N) is 1. The van der Waals surface area contributed by atoms with Crippen molar-refractivity contribution in [2.45, 2.75) is 52.5 Å². The number of nitrogens with zero attached hydrogens (tertiary/aromatic N) is 1. The van der Waals surface area contributed by atoms with Crippen molar-refractivity contribution in [3.05, 3.63) is 0 Å². The summed E-state index contributed by atoms with van der Waals surface area (Å²) < 4.78 is 5.58. The maximum absolute atomic E-state index is 6.12. The van der Waals surface area contributed by atoms with E-state index in [-0.39, 0.29) is 5.54 Å². The molecule has 1 aliphatic heterocycles. The van der Waals surface area contributed by atoms with Gasteiger partial charge in [0.1, 0.15) is 0 Å². The summed E-state index contributed by atoms with van der Waals surface area (Å²) >= 11 is 0. The fraction of sp³-hybridized carbons (Fsp3) is 1.00. The van der Waals surface area contributed by atoms with Crippen molar-refractivity contribution in [2.75, 3.05) is 32.8 Å². The van der Waals surface area contributed by atoms with E-state index in [2.05, 4.69) is 32.6 Å². The van der Waals surface area contributed by atoms with Crippen LogP contribution in [0.4, 0.5) is 0 Å². The molecule has 3 nitrogen and oxygen atoms in total. The molecule has 1 fully saturated rings. The first-order chi connectivity index (χ1) is 8.62. The first-order valence-corrected chi connectivity index (χ1v) is 7.65. The van der Waals surface area contributed by atoms with E-state index in [1.54, 1.807) is 0 Å². The minimum Gasteiger partial charge on any atom is -0.381 e. The summed E-state index contributed by atoms with van der Waals surface area (Å²) in [4.78, 5) is 2.60. The van der Waals surface area contributed by atoms with Crippen LogP contribution in [0.1, 0.15) is 47.0 Å². The van der Waals surface area contributed by atoms with Crippen LogP contribution in [0.5, 0.6) is 0 Å². The van der Waals surface area contributed by atoms with Crippen LogP contribution in [0.15, 0.2) is 0 Å². The summed E-state index contributed by atoms with van der Waals surface area (Å²) in [6.45, 7) is 13.9. The second-order valence-electron chi connectivity index (χ2n) is 5.84. The summed E-state index contributed by atoms with van der Waals surface area (Å²) in [6.07, 6.45) is 3.68. The van der Waals surface area contributed by atoms with Gasteiger partial charge in [0.15, 0.2) is 0 Å². The predicted molar refractivity (Wildman–Crippen MR) is 77.7 cm³/mol. The van der Waals surface area contributed by atoms with Crippen LogP contribution in [0.25, 0.3) is 0 Å². The Morgan fingerprint density at radius 2 is 2.00 bits per heavy atom. The molecule has 108 valence electrons. The molecular formula is C15H32N2O. The van der Waals surface area contributed by atoms with E-state index >= 15 is 0 Å². The molecule has 0 amide bonds. The van der Waals surface area contributed by atoms with E-state index in [1.807, 2.05) is 0 Å². The van der Waals surface area contributed by atoms with E-state index < -0.39 is 0 Å². The van der Waals surface area contributed by atoms with Crippen LogP contribution < -0.4 is 5.73 Å². The maximum Gasteiger partial charge on any atom is 0.0513 e. The topological polar surface area (TPSA) is 38.5 Å². The third kappa shape index (κ3) is 3.46. The monoisotopic (exact) mass is 256 g/mol. The number of rotatable bonds is 8. The van der Waals surface area contributed by atoms with Crippen LogP contribution in [-0.2, 0) is 4.74 Å². The largest absolute Gasteiger partial charge is 0.381 e. The predicted octanol–water partition coefficient (Wildman–Crippen LogP) is 2.50. The Bertz CT molecular complexity index is 225. The first kappa shape index (κ1) is 15.9. The second-order valence-corrected chi connectivity index (χ2v) is 5.84. The number of hydrogen-bond donors (Lipinski definition) is 1. The van der Waals surface area contributed by atoms with Crippen LogP contribution >= 0.6 is 0 Å². The van der Waals surface area contributed by atoms with Gasteiger partial charge in [-0.15, -0.1) is 0 Å². The molecule has 1 aliphatic rings. The summed E-state index contributed by atoms with van der Waals surface area (Å²) in [5.74, 6) is 1.38. The zero-order valence-electron chi connectivity index (χ0n) is 12.7. The Kier molecular flexibility index (Phi) is 6.61. The van der Waals surface area contributed by atoms with E-state index in [4.69, 9.17) is 10.5 Å². The molecule has 2 N–H and O–H groups in total. The zero-order chi connectivity index (χ0) is 13.6. The van der Waals surface area contributed by atoms with Crippen LogP contribution in [0.3, 0.4) is 0 Å². The molecule has 3 heteroatoms. The fourth-order valence-electron chi connectivity index (χ4n) is 3.14. The zero-order valence-corrected chi connectivity index (χ0v) is 12.7. The van der Waals surface area contributed by atoms with Gasteiger partial charge in [0.25, 0.3) is 0 Å². The van der Waals surface area contributed by atoms with E-state index in [9.17, 15) is 0 Å². The summed E-state index contributed by atoms with van der Waals surface area (Å²) in [6, 6.07) is 0. The van der Waals surface area contributed by atoms with Crippen molar-refractivity contribution in [1.29, 1.82) is 0 Å². The molecule has 18 heavy (non-hydrogen) atoms. The van der Waals surface area contributed by atoms with Crippen LogP contribution in [-0.4, -0.2) is 43.3 Å². The van der Waals surface area contributed by atoms with Gasteiger partial charge >= 0.3 is 0 Å². The molecule has 0 spiro atoms. The highest BCUT2D eigenvalue weighted by molar-refractivity contribution is 4.95. The fourth-order valence-corrected chi connectivity index (χ4v) is 3.14. The summed E-state index contributed by atoms with van der Waals surface area (Å²) in [5, 5.41) is 0. The van der Waals surface area contributed by atoms with Gasteiger partial charge in [-0.25, -0.2) is 0 Å². The average molecular weight is 256 g/mol.